The van der Waals surface area contributed by atoms with Gasteiger partial charge in [0.2, 0.25) is 0 Å². The fourth-order valence-corrected chi connectivity index (χ4v) is 1.25. The molecule has 0 aliphatic heterocycles. The first-order valence-corrected chi connectivity index (χ1v) is 7.38. The number of carbonyl (C=O) groups excluding carboxylic acids is 2. The molecule has 0 saturated heterocycles. The van der Waals surface area contributed by atoms with Crippen molar-refractivity contribution in [2.24, 2.45) is 0 Å². The average molecular weight is 314 g/mol. The maximum Gasteiger partial charge on any atom is 0.272 e. The first kappa shape index (κ1) is 22.6. The zero-order valence-corrected chi connectivity index (χ0v) is 14.7. The van der Waals surface area contributed by atoms with Crippen LogP contribution < -0.4 is 5.48 Å². The average Bonchev–Trinajstić information content (AvgIpc) is 2.47. The van der Waals surface area contributed by atoms with Crippen molar-refractivity contribution in [3.8, 4) is 0 Å². The summed E-state index contributed by atoms with van der Waals surface area (Å²) in [6.07, 6.45) is 4.74. The summed E-state index contributed by atoms with van der Waals surface area (Å²) < 4.78 is 0. The minimum Gasteiger partial charge on any atom is -0.277 e. The number of amides is 2. The summed E-state index contributed by atoms with van der Waals surface area (Å²) >= 11 is 0. The summed E-state index contributed by atoms with van der Waals surface area (Å²) in [5.74, 6) is -0.338. The Labute approximate surface area is 134 Å². The number of allylic oxidation sites excluding steroid dienone is 1. The van der Waals surface area contributed by atoms with Gasteiger partial charge in [0.15, 0.2) is 0 Å². The smallest absolute Gasteiger partial charge is 0.272 e. The van der Waals surface area contributed by atoms with Crippen LogP contribution in [0.3, 0.4) is 0 Å². The van der Waals surface area contributed by atoms with E-state index in [1.165, 1.54) is 12.2 Å². The first-order valence-electron chi connectivity index (χ1n) is 7.38. The van der Waals surface area contributed by atoms with E-state index in [0.717, 1.165) is 19.3 Å². The molecule has 0 saturated carbocycles. The van der Waals surface area contributed by atoms with Gasteiger partial charge < -0.3 is 0 Å². The Kier molecular flexibility index (Phi) is 14.7. The number of unbranched alkanes of at least 4 members (excludes halogenated alkanes) is 1. The maximum absolute atomic E-state index is 11.1. The SMILES string of the molecule is C=C(C)C(=O)N(C)OCCCC.CCC=C(C)C(=O)NOC. The molecule has 0 spiro atoms. The molecule has 0 aliphatic carbocycles. The van der Waals surface area contributed by atoms with Gasteiger partial charge in [0.1, 0.15) is 0 Å². The molecule has 1 N–H and O–H groups in total. The van der Waals surface area contributed by atoms with Crippen LogP contribution in [0.5, 0.6) is 0 Å². The van der Waals surface area contributed by atoms with Gasteiger partial charge in [-0.15, -0.1) is 0 Å². The van der Waals surface area contributed by atoms with Gasteiger partial charge >= 0.3 is 0 Å². The highest BCUT2D eigenvalue weighted by molar-refractivity contribution is 5.92. The highest BCUT2D eigenvalue weighted by atomic mass is 16.7. The molecule has 22 heavy (non-hydrogen) atoms. The third-order valence-electron chi connectivity index (χ3n) is 2.50. The molecule has 6 nitrogen and oxygen atoms in total. The van der Waals surface area contributed by atoms with Crippen molar-refractivity contribution in [2.75, 3.05) is 20.8 Å². The Morgan fingerprint density at radius 2 is 1.86 bits per heavy atom. The molecule has 0 aromatic carbocycles. The Balaban J connectivity index is 0. The molecule has 0 unspecified atom stereocenters. The summed E-state index contributed by atoms with van der Waals surface area (Å²) in [5.41, 5.74) is 3.40. The summed E-state index contributed by atoms with van der Waals surface area (Å²) in [5, 5.41) is 1.23. The predicted molar refractivity (Wildman–Crippen MR) is 87.6 cm³/mol. The van der Waals surface area contributed by atoms with Crippen molar-refractivity contribution in [2.45, 2.75) is 47.0 Å². The van der Waals surface area contributed by atoms with E-state index in [-0.39, 0.29) is 11.8 Å². The second-order valence-corrected chi connectivity index (χ2v) is 4.70. The highest BCUT2D eigenvalue weighted by Crippen LogP contribution is 1.98. The van der Waals surface area contributed by atoms with Crippen LogP contribution >= 0.6 is 0 Å². The minimum absolute atomic E-state index is 0.161. The lowest BCUT2D eigenvalue weighted by molar-refractivity contribution is -0.173. The fourth-order valence-electron chi connectivity index (χ4n) is 1.25. The van der Waals surface area contributed by atoms with Crippen LogP contribution in [0, 0.1) is 0 Å². The highest BCUT2D eigenvalue weighted by Gasteiger charge is 2.08. The summed E-state index contributed by atoms with van der Waals surface area (Å²) in [6.45, 7) is 11.6. The van der Waals surface area contributed by atoms with Gasteiger partial charge in [0.05, 0.1) is 13.7 Å². The zero-order valence-electron chi connectivity index (χ0n) is 14.7. The molecule has 0 bridgehead atoms. The standard InChI is InChI=1S/C9H17NO2.C7H13NO2/c1-5-6-7-12-10(4)9(11)8(2)3;1-4-5-6(2)7(9)8-10-3/h2,5-7H2,1,3-4H3;5H,4H2,1-3H3,(H,8,9). The molecular formula is C16H30N2O4. The van der Waals surface area contributed by atoms with E-state index < -0.39 is 0 Å². The van der Waals surface area contributed by atoms with E-state index in [9.17, 15) is 9.59 Å². The first-order chi connectivity index (χ1) is 10.3. The van der Waals surface area contributed by atoms with Crippen molar-refractivity contribution in [1.82, 2.24) is 10.5 Å². The second-order valence-electron chi connectivity index (χ2n) is 4.70. The van der Waals surface area contributed by atoms with Gasteiger partial charge in [-0.1, -0.05) is 32.9 Å². The van der Waals surface area contributed by atoms with Crippen LogP contribution in [0.15, 0.2) is 23.8 Å². The Morgan fingerprint density at radius 1 is 1.27 bits per heavy atom. The molecule has 0 radical (unpaired) electrons. The third kappa shape index (κ3) is 12.1. The van der Waals surface area contributed by atoms with Crippen molar-refractivity contribution >= 4 is 11.8 Å². The van der Waals surface area contributed by atoms with Crippen molar-refractivity contribution in [1.29, 1.82) is 0 Å². The fraction of sp³-hybridized carbons (Fsp3) is 0.625. The number of carbonyl (C=O) groups is 2. The van der Waals surface area contributed by atoms with Crippen LogP contribution in [0.1, 0.15) is 47.0 Å². The maximum atomic E-state index is 11.1. The number of nitrogens with zero attached hydrogens (tertiary/aromatic N) is 1. The number of rotatable bonds is 8. The summed E-state index contributed by atoms with van der Waals surface area (Å²) in [4.78, 5) is 31.5. The summed E-state index contributed by atoms with van der Waals surface area (Å²) in [6, 6.07) is 0. The molecule has 0 atom stereocenters. The van der Waals surface area contributed by atoms with Crippen LogP contribution in [-0.4, -0.2) is 37.6 Å². The molecular weight excluding hydrogens is 284 g/mol. The molecule has 2 amide bonds. The van der Waals surface area contributed by atoms with Gasteiger partial charge in [0.25, 0.3) is 11.8 Å². The Morgan fingerprint density at radius 3 is 2.27 bits per heavy atom. The largest absolute Gasteiger partial charge is 0.277 e. The van der Waals surface area contributed by atoms with Crippen LogP contribution in [0.2, 0.25) is 0 Å². The topological polar surface area (TPSA) is 67.9 Å². The van der Waals surface area contributed by atoms with Crippen molar-refractivity contribution in [3.63, 3.8) is 0 Å². The molecule has 0 aliphatic rings. The third-order valence-corrected chi connectivity index (χ3v) is 2.50. The number of hydrogen-bond acceptors (Lipinski definition) is 4. The van der Waals surface area contributed by atoms with E-state index >= 15 is 0 Å². The van der Waals surface area contributed by atoms with Crippen LogP contribution in [-0.2, 0) is 19.3 Å². The summed E-state index contributed by atoms with van der Waals surface area (Å²) in [7, 11) is 3.02. The second kappa shape index (κ2) is 14.3. The van der Waals surface area contributed by atoms with Gasteiger partial charge in [-0.05, 0) is 26.7 Å². The minimum atomic E-state index is -0.177. The molecule has 6 heteroatoms. The quantitative estimate of drug-likeness (QED) is 0.425. The van der Waals surface area contributed by atoms with Gasteiger partial charge in [-0.3, -0.25) is 19.3 Å². The molecule has 0 fully saturated rings. The number of likely N-dealkylation sites (N-methyl/N-ethyl adjacent to an activating group) is 1. The zero-order chi connectivity index (χ0) is 17.5. The van der Waals surface area contributed by atoms with Crippen LogP contribution in [0.25, 0.3) is 0 Å². The lowest BCUT2D eigenvalue weighted by Gasteiger charge is -2.15. The van der Waals surface area contributed by atoms with Crippen molar-refractivity contribution in [3.05, 3.63) is 23.8 Å². The lowest BCUT2D eigenvalue weighted by atomic mass is 10.2. The van der Waals surface area contributed by atoms with Gasteiger partial charge in [-0.25, -0.2) is 10.5 Å². The van der Waals surface area contributed by atoms with E-state index in [4.69, 9.17) is 4.84 Å². The normalized spacial score (nSPS) is 10.4. The van der Waals surface area contributed by atoms with Gasteiger partial charge in [0, 0.05) is 18.2 Å². The van der Waals surface area contributed by atoms with E-state index in [1.807, 2.05) is 13.0 Å². The number of hydroxylamine groups is 3. The van der Waals surface area contributed by atoms with Crippen molar-refractivity contribution < 1.29 is 19.3 Å². The van der Waals surface area contributed by atoms with Crippen LogP contribution in [0.4, 0.5) is 0 Å². The molecule has 0 heterocycles. The Bertz CT molecular complexity index is 378. The monoisotopic (exact) mass is 314 g/mol. The lowest BCUT2D eigenvalue weighted by Crippen LogP contribution is -2.27. The number of hydrogen-bond donors (Lipinski definition) is 1. The van der Waals surface area contributed by atoms with E-state index in [0.29, 0.717) is 17.8 Å². The van der Waals surface area contributed by atoms with E-state index in [2.05, 4.69) is 23.8 Å². The van der Waals surface area contributed by atoms with Gasteiger partial charge in [-0.2, -0.15) is 0 Å². The number of nitrogens with one attached hydrogen (secondary N) is 1. The molecule has 0 aromatic heterocycles. The molecule has 128 valence electrons. The Hall–Kier alpha value is -1.66. The molecule has 0 aromatic rings. The predicted octanol–water partition coefficient (Wildman–Crippen LogP) is 2.77. The molecule has 0 rings (SSSR count). The van der Waals surface area contributed by atoms with E-state index in [1.54, 1.807) is 20.9 Å².